The number of carbonyl (C=O) groups excluding carboxylic acids is 1. The maximum Gasteiger partial charge on any atom is -1.00 e. The maximum atomic E-state index is 8.81. The zero-order chi connectivity index (χ0) is 2.71. The number of hydrogen-bond donors (Lipinski definition) is 0. The molecule has 0 atom stereocenters. The molecule has 5 heavy (non-hydrogen) atoms. The Labute approximate surface area is 67.6 Å². The Hall–Kier alpha value is 1.54. The summed E-state index contributed by atoms with van der Waals surface area (Å²) in [4.78, 5) is 8.81. The number of hydrogen-bond acceptors (Lipinski definition) is 1. The van der Waals surface area contributed by atoms with Crippen molar-refractivity contribution in [1.29, 1.82) is 0 Å². The molecular formula is CHCl2OTb. The maximum absolute atomic E-state index is 8.81. The fraction of sp³-hybridized carbons (Fsp3) is 0. The first-order chi connectivity index (χ1) is 1.41. The van der Waals surface area contributed by atoms with Gasteiger partial charge in [0.1, 0.15) is 0 Å². The third kappa shape index (κ3) is 29.3. The zero-order valence-corrected chi connectivity index (χ0v) is 5.73. The van der Waals surface area contributed by atoms with Crippen molar-refractivity contribution in [3.05, 3.63) is 0 Å². The smallest absolute Gasteiger partial charge is 1.00 e. The molecule has 0 spiro atoms. The fourth-order valence-electron chi connectivity index (χ4n) is 0. The molecule has 4 heteroatoms. The van der Waals surface area contributed by atoms with Crippen molar-refractivity contribution in [2.45, 2.75) is 0 Å². The molecule has 0 aromatic rings. The summed E-state index contributed by atoms with van der Waals surface area (Å²) in [5, 5.41) is 0. The van der Waals surface area contributed by atoms with Crippen LogP contribution in [-0.2, 0) is 4.79 Å². The van der Waals surface area contributed by atoms with Gasteiger partial charge in [0.25, 0.3) is 0 Å². The Balaban J connectivity index is -0.0000000200. The van der Waals surface area contributed by atoms with Gasteiger partial charge in [-0.3, -0.25) is 0 Å². The Morgan fingerprint density at radius 1 is 1.40 bits per heavy atom. The molecular weight excluding hydrogens is 258 g/mol. The van der Waals surface area contributed by atoms with Crippen LogP contribution in [0.3, 0.4) is 0 Å². The molecule has 0 aliphatic carbocycles. The molecule has 0 aliphatic rings. The van der Waals surface area contributed by atoms with E-state index < -0.39 is 0 Å². The largest absolute Gasteiger partial charge is 1.00 e. The molecule has 0 aliphatic heterocycles. The molecule has 0 N–H and O–H groups in total. The molecule has 0 radical (unpaired) electrons. The van der Waals surface area contributed by atoms with Crippen LogP contribution in [0.25, 0.3) is 0 Å². The van der Waals surface area contributed by atoms with Crippen LogP contribution in [0.2, 0.25) is 0 Å². The van der Waals surface area contributed by atoms with E-state index in [1.54, 1.807) is 0 Å². The molecule has 0 saturated heterocycles. The Kier molecular flexibility index (Phi) is 56.8. The van der Waals surface area contributed by atoms with E-state index in [1.165, 1.54) is 36.6 Å². The van der Waals surface area contributed by atoms with Crippen molar-refractivity contribution < 1.29 is 66.2 Å². The summed E-state index contributed by atoms with van der Waals surface area (Å²) in [6.45, 7) is 0. The monoisotopic (exact) mass is 258 g/mol. The molecule has 0 aromatic carbocycles. The summed E-state index contributed by atoms with van der Waals surface area (Å²) < 4.78 is 0.750. The summed E-state index contributed by atoms with van der Waals surface area (Å²) >= 11 is 1.44. The van der Waals surface area contributed by atoms with E-state index in [-0.39, 0.29) is 24.8 Å². The van der Waals surface area contributed by atoms with Crippen LogP contribution >= 0.6 is 0 Å². The van der Waals surface area contributed by atoms with Crippen molar-refractivity contribution >= 4 is 2.26 Å². The molecule has 0 saturated carbocycles. The number of rotatable bonds is 0. The predicted molar refractivity (Wildman–Crippen MR) is 6.75 cm³/mol. The summed E-state index contributed by atoms with van der Waals surface area (Å²) in [6.07, 6.45) is 0. The van der Waals surface area contributed by atoms with Gasteiger partial charge in [0.15, 0.2) is 0 Å². The zero-order valence-electron chi connectivity index (χ0n) is 2.07. The van der Waals surface area contributed by atoms with E-state index in [2.05, 4.69) is 0 Å². The number of carbonyl (C=O) groups is 1. The molecule has 1 nitrogen and oxygen atoms in total. The van der Waals surface area contributed by atoms with Crippen molar-refractivity contribution in [2.75, 3.05) is 0 Å². The van der Waals surface area contributed by atoms with E-state index in [0.29, 0.717) is 0 Å². The second-order valence-electron chi connectivity index (χ2n) is 0.0786. The first-order valence-corrected chi connectivity index (χ1v) is 1.66. The summed E-state index contributed by atoms with van der Waals surface area (Å²) in [7, 11) is 0. The van der Waals surface area contributed by atoms with E-state index >= 15 is 0 Å². The van der Waals surface area contributed by atoms with Crippen molar-refractivity contribution in [1.82, 2.24) is 0 Å². The molecule has 0 bridgehead atoms. The number of halogens is 2. The van der Waals surface area contributed by atoms with E-state index in [9.17, 15) is 0 Å². The molecule has 34 valence electrons. The van der Waals surface area contributed by atoms with E-state index in [1.807, 2.05) is 0 Å². The van der Waals surface area contributed by atoms with E-state index in [0.717, 1.165) is 2.26 Å². The summed E-state index contributed by atoms with van der Waals surface area (Å²) in [5.74, 6) is 0. The van der Waals surface area contributed by atoms with Gasteiger partial charge >= 0.3 is 43.7 Å². The van der Waals surface area contributed by atoms with E-state index in [4.69, 9.17) is 4.79 Å². The summed E-state index contributed by atoms with van der Waals surface area (Å²) in [5.41, 5.74) is 0. The van der Waals surface area contributed by atoms with Gasteiger partial charge in [-0.1, -0.05) is 0 Å². The van der Waals surface area contributed by atoms with Gasteiger partial charge in [0.2, 0.25) is 0 Å². The van der Waals surface area contributed by atoms with Gasteiger partial charge in [-0.25, -0.2) is 0 Å². The molecule has 0 amide bonds. The average Bonchev–Trinajstić information content (AvgIpc) is 0.918. The Morgan fingerprint density at radius 3 is 1.40 bits per heavy atom. The van der Waals surface area contributed by atoms with Crippen LogP contribution < -0.4 is 24.8 Å². The van der Waals surface area contributed by atoms with Crippen molar-refractivity contribution in [3.8, 4) is 0 Å². The van der Waals surface area contributed by atoms with Crippen LogP contribution in [0.1, 0.15) is 0 Å². The normalized spacial score (nSPS) is 2.60. The SMILES string of the molecule is O=[CH][Tb+2].[Cl-].[Cl-]. The van der Waals surface area contributed by atoms with Crippen molar-refractivity contribution in [3.63, 3.8) is 0 Å². The predicted octanol–water partition coefficient (Wildman–Crippen LogP) is -6.27. The molecule has 0 aromatic heterocycles. The Morgan fingerprint density at radius 2 is 1.40 bits per heavy atom. The second kappa shape index (κ2) is 17.7. The minimum atomic E-state index is 0. The fourth-order valence-corrected chi connectivity index (χ4v) is 0. The quantitative estimate of drug-likeness (QED) is 0.395. The summed E-state index contributed by atoms with van der Waals surface area (Å²) in [6, 6.07) is 0. The molecule has 0 heterocycles. The van der Waals surface area contributed by atoms with Gasteiger partial charge in [0.05, 0.1) is 0 Å². The standard InChI is InChI=1S/CHO.2ClH.Tb/c1-2;;;/h1H;2*1H;/q;;;+2/p-2. The third-order valence-corrected chi connectivity index (χ3v) is 0. The molecule has 0 unspecified atom stereocenters. The average molecular weight is 259 g/mol. The van der Waals surface area contributed by atoms with Gasteiger partial charge in [-0.2, -0.15) is 0 Å². The van der Waals surface area contributed by atoms with Gasteiger partial charge in [-0.05, 0) is 0 Å². The minimum absolute atomic E-state index is 0. The van der Waals surface area contributed by atoms with Crippen LogP contribution in [0.5, 0.6) is 0 Å². The van der Waals surface area contributed by atoms with Gasteiger partial charge in [0, 0.05) is 0 Å². The first kappa shape index (κ1) is 16.0. The minimum Gasteiger partial charge on any atom is -1.00 e. The van der Waals surface area contributed by atoms with Gasteiger partial charge < -0.3 is 24.8 Å². The topological polar surface area (TPSA) is 17.1 Å². The van der Waals surface area contributed by atoms with Crippen molar-refractivity contribution in [2.24, 2.45) is 0 Å². The van der Waals surface area contributed by atoms with Gasteiger partial charge in [-0.15, -0.1) is 0 Å². The second-order valence-corrected chi connectivity index (χ2v) is 0.583. The molecule has 0 fully saturated rings. The Bertz CT molecular complexity index is 17.1. The van der Waals surface area contributed by atoms with Crippen LogP contribution in [0.15, 0.2) is 0 Å². The van der Waals surface area contributed by atoms with Crippen LogP contribution in [0.4, 0.5) is 0 Å². The molecule has 0 rings (SSSR count). The first-order valence-electron chi connectivity index (χ1n) is 0.428. The van der Waals surface area contributed by atoms with Crippen LogP contribution in [0, 0.1) is 36.6 Å². The van der Waals surface area contributed by atoms with Crippen LogP contribution in [-0.4, -0.2) is 2.26 Å². The third-order valence-electron chi connectivity index (χ3n) is 0.